The molecule has 2 heterocycles. The van der Waals surface area contributed by atoms with Crippen LogP contribution >= 0.6 is 46.3 Å². The highest BCUT2D eigenvalue weighted by atomic mass is 35.5. The lowest BCUT2D eigenvalue weighted by Gasteiger charge is -2.04. The fourth-order valence-electron chi connectivity index (χ4n) is 1.73. The van der Waals surface area contributed by atoms with Crippen molar-refractivity contribution in [3.63, 3.8) is 0 Å². The minimum Gasteiger partial charge on any atom is -0.215 e. The van der Waals surface area contributed by atoms with Gasteiger partial charge in [-0.1, -0.05) is 47.1 Å². The van der Waals surface area contributed by atoms with Crippen molar-refractivity contribution in [3.05, 3.63) is 56.2 Å². The second-order valence-corrected chi connectivity index (χ2v) is 7.02. The second kappa shape index (κ2) is 6.79. The number of nitrogens with zero attached hydrogens (tertiary/aromatic N) is 4. The molecule has 8 heteroatoms. The summed E-state index contributed by atoms with van der Waals surface area (Å²) in [6.07, 6.45) is 0. The van der Waals surface area contributed by atoms with Crippen LogP contribution < -0.4 is 0 Å². The van der Waals surface area contributed by atoms with Crippen LogP contribution in [0.4, 0.5) is 0 Å². The van der Waals surface area contributed by atoms with Gasteiger partial charge in [0.15, 0.2) is 0 Å². The Morgan fingerprint density at radius 3 is 2.86 bits per heavy atom. The van der Waals surface area contributed by atoms with Crippen LogP contribution in [0.1, 0.15) is 10.4 Å². The molecule has 2 aromatic heterocycles. The first-order chi connectivity index (χ1) is 10.2. The maximum absolute atomic E-state index is 6.02. The van der Waals surface area contributed by atoms with Gasteiger partial charge in [0.1, 0.15) is 0 Å². The van der Waals surface area contributed by atoms with Gasteiger partial charge < -0.3 is 0 Å². The largest absolute Gasteiger partial charge is 0.215 e. The van der Waals surface area contributed by atoms with Crippen LogP contribution in [0.15, 0.2) is 40.9 Å². The highest BCUT2D eigenvalue weighted by molar-refractivity contribution is 7.98. The van der Waals surface area contributed by atoms with E-state index in [0.717, 1.165) is 16.5 Å². The molecule has 0 spiro atoms. The molecule has 4 nitrogen and oxygen atoms in total. The Morgan fingerprint density at radius 2 is 2.10 bits per heavy atom. The Bertz CT molecular complexity index is 728. The van der Waals surface area contributed by atoms with E-state index in [1.54, 1.807) is 33.8 Å². The molecule has 3 rings (SSSR count). The fourth-order valence-corrected chi connectivity index (χ4v) is 3.55. The van der Waals surface area contributed by atoms with E-state index in [4.69, 9.17) is 23.2 Å². The zero-order valence-corrected chi connectivity index (χ0v) is 13.9. The molecular formula is C13H10Cl2N4S2. The van der Waals surface area contributed by atoms with E-state index < -0.39 is 0 Å². The molecule has 0 saturated carbocycles. The van der Waals surface area contributed by atoms with Crippen LogP contribution in [0.3, 0.4) is 0 Å². The van der Waals surface area contributed by atoms with Crippen LogP contribution in [0, 0.1) is 0 Å². The average Bonchev–Trinajstić information content (AvgIpc) is 3.13. The highest BCUT2D eigenvalue weighted by Crippen LogP contribution is 2.27. The van der Waals surface area contributed by atoms with Gasteiger partial charge in [0, 0.05) is 10.6 Å². The smallest absolute Gasteiger partial charge is 0.209 e. The van der Waals surface area contributed by atoms with Crippen molar-refractivity contribution >= 4 is 46.3 Å². The molecule has 0 aliphatic rings. The summed E-state index contributed by atoms with van der Waals surface area (Å²) in [6.45, 7) is 0.689. The molecule has 1 aromatic carbocycles. The van der Waals surface area contributed by atoms with E-state index in [1.807, 2.05) is 23.6 Å². The van der Waals surface area contributed by atoms with Gasteiger partial charge in [0.2, 0.25) is 5.16 Å². The molecule has 0 saturated heterocycles. The molecule has 0 aliphatic heterocycles. The van der Waals surface area contributed by atoms with Crippen LogP contribution in [-0.4, -0.2) is 20.2 Å². The van der Waals surface area contributed by atoms with Crippen molar-refractivity contribution in [1.29, 1.82) is 0 Å². The Kier molecular flexibility index (Phi) is 4.80. The summed E-state index contributed by atoms with van der Waals surface area (Å²) >= 11 is 15.2. The Balaban J connectivity index is 1.68. The molecule has 0 amide bonds. The minimum atomic E-state index is 0.563. The quantitative estimate of drug-likeness (QED) is 0.636. The van der Waals surface area contributed by atoms with Gasteiger partial charge in [0.25, 0.3) is 0 Å². The lowest BCUT2D eigenvalue weighted by Crippen LogP contribution is -2.02. The number of thioether (sulfide) groups is 1. The fraction of sp³-hybridized carbons (Fsp3) is 0.154. The third-order valence-electron chi connectivity index (χ3n) is 2.74. The Morgan fingerprint density at radius 1 is 1.19 bits per heavy atom. The third-order valence-corrected chi connectivity index (χ3v) is 5.37. The topological polar surface area (TPSA) is 43.6 Å². The third kappa shape index (κ3) is 3.77. The van der Waals surface area contributed by atoms with E-state index in [-0.39, 0.29) is 0 Å². The summed E-state index contributed by atoms with van der Waals surface area (Å²) < 4.78 is 1.80. The van der Waals surface area contributed by atoms with Crippen LogP contribution in [0.5, 0.6) is 0 Å². The molecule has 0 N–H and O–H groups in total. The van der Waals surface area contributed by atoms with Crippen molar-refractivity contribution in [2.75, 3.05) is 0 Å². The van der Waals surface area contributed by atoms with Crippen LogP contribution in [0.2, 0.25) is 10.0 Å². The predicted octanol–water partition coefficient (Wildman–Crippen LogP) is 4.38. The van der Waals surface area contributed by atoms with E-state index in [9.17, 15) is 0 Å². The zero-order chi connectivity index (χ0) is 14.7. The number of halogens is 2. The molecule has 0 radical (unpaired) electrons. The van der Waals surface area contributed by atoms with Crippen molar-refractivity contribution in [1.82, 2.24) is 20.2 Å². The van der Waals surface area contributed by atoms with Crippen LogP contribution in [-0.2, 0) is 12.3 Å². The molecule has 0 unspecified atom stereocenters. The monoisotopic (exact) mass is 356 g/mol. The van der Waals surface area contributed by atoms with Crippen molar-refractivity contribution in [3.8, 4) is 0 Å². The van der Waals surface area contributed by atoms with Gasteiger partial charge in [0.05, 0.1) is 16.6 Å². The van der Waals surface area contributed by atoms with Crippen molar-refractivity contribution in [2.45, 2.75) is 17.5 Å². The summed E-state index contributed by atoms with van der Waals surface area (Å²) in [7, 11) is 0. The number of benzene rings is 1. The first-order valence-electron chi connectivity index (χ1n) is 6.07. The summed E-state index contributed by atoms with van der Waals surface area (Å²) in [6, 6.07) is 9.71. The first kappa shape index (κ1) is 14.8. The maximum atomic E-state index is 6.02. The van der Waals surface area contributed by atoms with Gasteiger partial charge in [-0.05, 0) is 39.6 Å². The maximum Gasteiger partial charge on any atom is 0.209 e. The molecule has 0 bridgehead atoms. The summed E-state index contributed by atoms with van der Waals surface area (Å²) in [5.74, 6) is 0.738. The number of thiophene rings is 1. The van der Waals surface area contributed by atoms with Gasteiger partial charge in [-0.2, -0.15) is 0 Å². The van der Waals surface area contributed by atoms with E-state index in [1.165, 1.54) is 4.88 Å². The zero-order valence-electron chi connectivity index (χ0n) is 10.7. The van der Waals surface area contributed by atoms with Gasteiger partial charge in [-0.25, -0.2) is 4.68 Å². The Hall–Kier alpha value is -1.08. The lowest BCUT2D eigenvalue weighted by molar-refractivity contribution is 0.608. The van der Waals surface area contributed by atoms with Crippen molar-refractivity contribution < 1.29 is 0 Å². The number of tetrazole rings is 1. The van der Waals surface area contributed by atoms with E-state index in [0.29, 0.717) is 16.6 Å². The minimum absolute atomic E-state index is 0.563. The standard InChI is InChI=1S/C13H10Cl2N4S2/c14-11-4-3-9(6-12(11)15)8-21-13-16-17-18-19(13)7-10-2-1-5-20-10/h1-6H,7-8H2. The second-order valence-electron chi connectivity index (χ2n) is 4.24. The van der Waals surface area contributed by atoms with E-state index >= 15 is 0 Å². The van der Waals surface area contributed by atoms with Gasteiger partial charge in [-0.15, -0.1) is 16.4 Å². The molecule has 21 heavy (non-hydrogen) atoms. The SMILES string of the molecule is Clc1ccc(CSc2nnnn2Cc2cccs2)cc1Cl. The summed E-state index contributed by atoms with van der Waals surface area (Å²) in [5.41, 5.74) is 1.08. The lowest BCUT2D eigenvalue weighted by atomic mass is 10.2. The number of aromatic nitrogens is 4. The number of rotatable bonds is 5. The molecule has 0 fully saturated rings. The summed E-state index contributed by atoms with van der Waals surface area (Å²) in [5, 5.41) is 15.8. The normalized spacial score (nSPS) is 11.0. The Labute approximate surface area is 140 Å². The number of hydrogen-bond acceptors (Lipinski definition) is 5. The van der Waals surface area contributed by atoms with Crippen molar-refractivity contribution in [2.24, 2.45) is 0 Å². The van der Waals surface area contributed by atoms with E-state index in [2.05, 4.69) is 21.6 Å². The molecule has 0 aliphatic carbocycles. The molecule has 3 aromatic rings. The number of hydrogen-bond donors (Lipinski definition) is 0. The summed E-state index contributed by atoms with van der Waals surface area (Å²) in [4.78, 5) is 1.22. The first-order valence-corrected chi connectivity index (χ1v) is 8.70. The highest BCUT2D eigenvalue weighted by Gasteiger charge is 2.09. The molecule has 108 valence electrons. The molecular weight excluding hydrogens is 347 g/mol. The average molecular weight is 357 g/mol. The predicted molar refractivity (Wildman–Crippen MR) is 87.3 cm³/mol. The van der Waals surface area contributed by atoms with Gasteiger partial charge in [-0.3, -0.25) is 0 Å². The van der Waals surface area contributed by atoms with Gasteiger partial charge >= 0.3 is 0 Å². The van der Waals surface area contributed by atoms with Crippen LogP contribution in [0.25, 0.3) is 0 Å². The molecule has 0 atom stereocenters.